The minimum Gasteiger partial charge on any atom is -0.378 e. The van der Waals surface area contributed by atoms with Crippen LogP contribution in [-0.4, -0.2) is 25.9 Å². The van der Waals surface area contributed by atoms with E-state index in [4.69, 9.17) is 0 Å². The number of hydrogen-bond acceptors (Lipinski definition) is 4. The van der Waals surface area contributed by atoms with Gasteiger partial charge in [-0.25, -0.2) is 4.90 Å². The predicted molar refractivity (Wildman–Crippen MR) is 134 cm³/mol. The normalized spacial score (nSPS) is 13.8. The SMILES string of the molecule is Cc1ccc(C2=C(SCc3ccccc3)C(=O)N(c3cccc(N(C)C)c3)C2=O)c(C)c1. The molecule has 162 valence electrons. The molecule has 1 heterocycles. The van der Waals surface area contributed by atoms with Crippen LogP contribution in [0.3, 0.4) is 0 Å². The van der Waals surface area contributed by atoms with Crippen molar-refractivity contribution in [1.82, 2.24) is 0 Å². The summed E-state index contributed by atoms with van der Waals surface area (Å²) >= 11 is 1.43. The third kappa shape index (κ3) is 4.21. The molecular weight excluding hydrogens is 416 g/mol. The van der Waals surface area contributed by atoms with Crippen molar-refractivity contribution in [2.45, 2.75) is 19.6 Å². The van der Waals surface area contributed by atoms with Crippen LogP contribution in [0.2, 0.25) is 0 Å². The van der Waals surface area contributed by atoms with E-state index in [9.17, 15) is 9.59 Å². The number of thioether (sulfide) groups is 1. The topological polar surface area (TPSA) is 40.6 Å². The van der Waals surface area contributed by atoms with E-state index >= 15 is 0 Å². The van der Waals surface area contributed by atoms with Crippen LogP contribution in [0.25, 0.3) is 5.57 Å². The van der Waals surface area contributed by atoms with Gasteiger partial charge in [0.2, 0.25) is 0 Å². The van der Waals surface area contributed by atoms with Crippen LogP contribution in [0.4, 0.5) is 11.4 Å². The van der Waals surface area contributed by atoms with Gasteiger partial charge in [0.1, 0.15) is 0 Å². The Bertz CT molecular complexity index is 1220. The van der Waals surface area contributed by atoms with Gasteiger partial charge < -0.3 is 4.90 Å². The van der Waals surface area contributed by atoms with E-state index in [2.05, 4.69) is 6.07 Å². The number of carbonyl (C=O) groups is 2. The fourth-order valence-corrected chi connectivity index (χ4v) is 4.91. The van der Waals surface area contributed by atoms with Crippen LogP contribution in [0.15, 0.2) is 77.7 Å². The van der Waals surface area contributed by atoms with Crippen molar-refractivity contribution in [3.05, 3.63) is 100.0 Å². The summed E-state index contributed by atoms with van der Waals surface area (Å²) in [4.78, 5) is 31.0. The number of anilines is 2. The van der Waals surface area contributed by atoms with E-state index in [1.165, 1.54) is 16.7 Å². The third-order valence-corrected chi connectivity index (χ3v) is 6.67. The molecular formula is C27H26N2O2S. The Balaban J connectivity index is 1.78. The minimum atomic E-state index is -0.270. The molecule has 4 nitrogen and oxygen atoms in total. The highest BCUT2D eigenvalue weighted by atomic mass is 32.2. The number of hydrogen-bond donors (Lipinski definition) is 0. The molecule has 0 aromatic heterocycles. The highest BCUT2D eigenvalue weighted by Crippen LogP contribution is 2.41. The monoisotopic (exact) mass is 442 g/mol. The second-order valence-electron chi connectivity index (χ2n) is 8.16. The van der Waals surface area contributed by atoms with Crippen molar-refractivity contribution in [2.24, 2.45) is 0 Å². The molecule has 0 radical (unpaired) electrons. The highest BCUT2D eigenvalue weighted by Gasteiger charge is 2.40. The van der Waals surface area contributed by atoms with Crippen LogP contribution in [0.5, 0.6) is 0 Å². The molecule has 0 N–H and O–H groups in total. The fourth-order valence-electron chi connectivity index (χ4n) is 3.85. The predicted octanol–water partition coefficient (Wildman–Crippen LogP) is 5.59. The van der Waals surface area contributed by atoms with Crippen LogP contribution >= 0.6 is 11.8 Å². The summed E-state index contributed by atoms with van der Waals surface area (Å²) in [5, 5.41) is 0. The van der Waals surface area contributed by atoms with Crippen LogP contribution in [0, 0.1) is 13.8 Å². The molecule has 0 atom stereocenters. The average Bonchev–Trinajstić information content (AvgIpc) is 3.02. The van der Waals surface area contributed by atoms with Gasteiger partial charge in [0.15, 0.2) is 0 Å². The minimum absolute atomic E-state index is 0.262. The Morgan fingerprint density at radius 2 is 1.59 bits per heavy atom. The van der Waals surface area contributed by atoms with Crippen LogP contribution in [-0.2, 0) is 15.3 Å². The Morgan fingerprint density at radius 3 is 2.28 bits per heavy atom. The van der Waals surface area contributed by atoms with Gasteiger partial charge in [-0.2, -0.15) is 0 Å². The Labute approximate surface area is 193 Å². The lowest BCUT2D eigenvalue weighted by atomic mass is 9.99. The van der Waals surface area contributed by atoms with Crippen molar-refractivity contribution in [2.75, 3.05) is 23.9 Å². The standard InChI is InChI=1S/C27H26N2O2S/c1-18-13-14-23(19(2)15-18)24-25(32-17-20-9-6-5-7-10-20)27(31)29(26(24)30)22-12-8-11-21(16-22)28(3)4/h5-16H,17H2,1-4H3. The Hall–Kier alpha value is -3.31. The Morgan fingerprint density at radius 1 is 0.844 bits per heavy atom. The highest BCUT2D eigenvalue weighted by molar-refractivity contribution is 8.03. The van der Waals surface area contributed by atoms with Crippen molar-refractivity contribution in [3.8, 4) is 0 Å². The lowest BCUT2D eigenvalue weighted by Crippen LogP contribution is -2.31. The zero-order valence-corrected chi connectivity index (χ0v) is 19.6. The van der Waals surface area contributed by atoms with Gasteiger partial charge >= 0.3 is 0 Å². The second kappa shape index (κ2) is 9.05. The maximum atomic E-state index is 13.7. The maximum Gasteiger partial charge on any atom is 0.272 e. The van der Waals surface area contributed by atoms with E-state index in [0.717, 1.165) is 27.9 Å². The van der Waals surface area contributed by atoms with E-state index in [0.29, 0.717) is 21.9 Å². The Kier molecular flexibility index (Phi) is 6.19. The number of aryl methyl sites for hydroxylation is 2. The molecule has 3 aromatic rings. The van der Waals surface area contributed by atoms with E-state index in [1.807, 2.05) is 99.6 Å². The van der Waals surface area contributed by atoms with E-state index in [1.54, 1.807) is 0 Å². The number of amides is 2. The molecule has 4 rings (SSSR count). The van der Waals surface area contributed by atoms with Gasteiger partial charge in [0.05, 0.1) is 16.2 Å². The van der Waals surface area contributed by atoms with Gasteiger partial charge in [-0.15, -0.1) is 11.8 Å². The van der Waals surface area contributed by atoms with Gasteiger partial charge in [-0.05, 0) is 48.7 Å². The molecule has 0 bridgehead atoms. The summed E-state index contributed by atoms with van der Waals surface area (Å²) < 4.78 is 0. The second-order valence-corrected chi connectivity index (χ2v) is 9.14. The summed E-state index contributed by atoms with van der Waals surface area (Å²) in [5.74, 6) is 0.0880. The van der Waals surface area contributed by atoms with E-state index in [-0.39, 0.29) is 11.8 Å². The van der Waals surface area contributed by atoms with Crippen molar-refractivity contribution in [1.29, 1.82) is 0 Å². The van der Waals surface area contributed by atoms with Crippen LogP contribution < -0.4 is 9.80 Å². The molecule has 2 amide bonds. The van der Waals surface area contributed by atoms with Gasteiger partial charge in [-0.1, -0.05) is 60.2 Å². The quantitative estimate of drug-likeness (QED) is 0.467. The molecule has 5 heteroatoms. The molecule has 0 spiro atoms. The molecule has 1 aliphatic rings. The summed E-state index contributed by atoms with van der Waals surface area (Å²) in [5.41, 5.74) is 6.04. The summed E-state index contributed by atoms with van der Waals surface area (Å²) in [6, 6.07) is 23.5. The molecule has 0 unspecified atom stereocenters. The van der Waals surface area contributed by atoms with Crippen molar-refractivity contribution in [3.63, 3.8) is 0 Å². The smallest absolute Gasteiger partial charge is 0.272 e. The molecule has 0 saturated heterocycles. The molecule has 3 aromatic carbocycles. The number of benzene rings is 3. The first-order valence-corrected chi connectivity index (χ1v) is 11.5. The lowest BCUT2D eigenvalue weighted by molar-refractivity contribution is -0.119. The number of carbonyl (C=O) groups excluding carboxylic acids is 2. The molecule has 0 fully saturated rings. The first-order chi connectivity index (χ1) is 15.4. The van der Waals surface area contributed by atoms with E-state index < -0.39 is 0 Å². The molecule has 0 saturated carbocycles. The molecule has 0 aliphatic carbocycles. The summed E-state index contributed by atoms with van der Waals surface area (Å²) in [6.07, 6.45) is 0. The third-order valence-electron chi connectivity index (χ3n) is 5.52. The number of imide groups is 1. The fraction of sp³-hybridized carbons (Fsp3) is 0.185. The summed E-state index contributed by atoms with van der Waals surface area (Å²) in [7, 11) is 3.88. The largest absolute Gasteiger partial charge is 0.378 e. The zero-order chi connectivity index (χ0) is 22.8. The van der Waals surface area contributed by atoms with Crippen molar-refractivity contribution < 1.29 is 9.59 Å². The average molecular weight is 443 g/mol. The number of nitrogens with zero attached hydrogens (tertiary/aromatic N) is 2. The molecule has 32 heavy (non-hydrogen) atoms. The maximum absolute atomic E-state index is 13.7. The number of rotatable bonds is 6. The zero-order valence-electron chi connectivity index (χ0n) is 18.8. The first kappa shape index (κ1) is 21.9. The van der Waals surface area contributed by atoms with Gasteiger partial charge in [0.25, 0.3) is 11.8 Å². The first-order valence-electron chi connectivity index (χ1n) is 10.5. The van der Waals surface area contributed by atoms with Gasteiger partial charge in [-0.3, -0.25) is 9.59 Å². The van der Waals surface area contributed by atoms with Gasteiger partial charge in [0, 0.05) is 25.5 Å². The summed E-state index contributed by atoms with van der Waals surface area (Å²) in [6.45, 7) is 4.01. The lowest BCUT2D eigenvalue weighted by Gasteiger charge is -2.19. The van der Waals surface area contributed by atoms with Crippen LogP contribution in [0.1, 0.15) is 22.3 Å². The van der Waals surface area contributed by atoms with Crippen molar-refractivity contribution >= 4 is 40.5 Å². The molecule has 1 aliphatic heterocycles.